The summed E-state index contributed by atoms with van der Waals surface area (Å²) < 4.78 is 0. The number of carbonyl (C=O) groups is 1. The molecule has 0 atom stereocenters. The molecular formula is C11H12OS. The standard InChI is InChI=1S/C11H12OS/c1-8-4-2-5-9(8)11(12)10-6-3-7-13-10/h3,6-7H,2,4-5H2,1H3. The molecule has 1 nitrogen and oxygen atoms in total. The summed E-state index contributed by atoms with van der Waals surface area (Å²) in [6.45, 7) is 2.08. The van der Waals surface area contributed by atoms with Crippen LogP contribution in [0.2, 0.25) is 0 Å². The fraction of sp³-hybridized carbons (Fsp3) is 0.364. The predicted molar refractivity (Wildman–Crippen MR) is 55.2 cm³/mol. The van der Waals surface area contributed by atoms with Crippen LogP contribution in [0.15, 0.2) is 28.7 Å². The first-order valence-corrected chi connectivity index (χ1v) is 5.44. The van der Waals surface area contributed by atoms with Gasteiger partial charge in [0.05, 0.1) is 4.88 Å². The summed E-state index contributed by atoms with van der Waals surface area (Å²) in [7, 11) is 0. The van der Waals surface area contributed by atoms with Crippen molar-refractivity contribution in [1.29, 1.82) is 0 Å². The molecule has 13 heavy (non-hydrogen) atoms. The molecular weight excluding hydrogens is 180 g/mol. The minimum absolute atomic E-state index is 0.255. The zero-order chi connectivity index (χ0) is 9.26. The Bertz CT molecular complexity index is 346. The van der Waals surface area contributed by atoms with Crippen molar-refractivity contribution in [3.8, 4) is 0 Å². The minimum Gasteiger partial charge on any atom is -0.288 e. The number of hydrogen-bond acceptors (Lipinski definition) is 2. The maximum Gasteiger partial charge on any atom is 0.198 e. The molecule has 0 bridgehead atoms. The second-order valence-electron chi connectivity index (χ2n) is 3.42. The van der Waals surface area contributed by atoms with Gasteiger partial charge in [-0.3, -0.25) is 4.79 Å². The van der Waals surface area contributed by atoms with Gasteiger partial charge in [-0.15, -0.1) is 11.3 Å². The van der Waals surface area contributed by atoms with Gasteiger partial charge < -0.3 is 0 Å². The number of thiophene rings is 1. The highest BCUT2D eigenvalue weighted by Crippen LogP contribution is 2.29. The van der Waals surface area contributed by atoms with Crippen LogP contribution in [0.1, 0.15) is 35.9 Å². The Morgan fingerprint density at radius 3 is 2.85 bits per heavy atom. The van der Waals surface area contributed by atoms with Crippen molar-refractivity contribution in [3.63, 3.8) is 0 Å². The lowest BCUT2D eigenvalue weighted by Crippen LogP contribution is -1.99. The molecule has 1 heterocycles. The lowest BCUT2D eigenvalue weighted by atomic mass is 10.1. The third-order valence-corrected chi connectivity index (χ3v) is 3.38. The average molecular weight is 192 g/mol. The third-order valence-electron chi connectivity index (χ3n) is 2.51. The molecule has 0 amide bonds. The zero-order valence-corrected chi connectivity index (χ0v) is 8.49. The first-order chi connectivity index (χ1) is 6.29. The van der Waals surface area contributed by atoms with Crippen molar-refractivity contribution in [2.45, 2.75) is 26.2 Å². The van der Waals surface area contributed by atoms with Gasteiger partial charge in [-0.2, -0.15) is 0 Å². The Balaban J connectivity index is 2.28. The summed E-state index contributed by atoms with van der Waals surface area (Å²) in [5.74, 6) is 0.255. The Morgan fingerprint density at radius 2 is 2.31 bits per heavy atom. The van der Waals surface area contributed by atoms with Crippen LogP contribution in [0.3, 0.4) is 0 Å². The second-order valence-corrected chi connectivity index (χ2v) is 4.37. The van der Waals surface area contributed by atoms with Crippen LogP contribution in [0.25, 0.3) is 0 Å². The van der Waals surface area contributed by atoms with Gasteiger partial charge >= 0.3 is 0 Å². The first-order valence-electron chi connectivity index (χ1n) is 4.56. The molecule has 0 spiro atoms. The van der Waals surface area contributed by atoms with E-state index in [9.17, 15) is 4.79 Å². The number of ketones is 1. The van der Waals surface area contributed by atoms with E-state index in [4.69, 9.17) is 0 Å². The van der Waals surface area contributed by atoms with Gasteiger partial charge in [0.1, 0.15) is 0 Å². The summed E-state index contributed by atoms with van der Waals surface area (Å²) in [4.78, 5) is 12.8. The average Bonchev–Trinajstić information content (AvgIpc) is 2.72. The smallest absolute Gasteiger partial charge is 0.198 e. The fourth-order valence-electron chi connectivity index (χ4n) is 1.76. The molecule has 0 aromatic carbocycles. The van der Waals surface area contributed by atoms with Gasteiger partial charge in [0.25, 0.3) is 0 Å². The van der Waals surface area contributed by atoms with Crippen molar-refractivity contribution < 1.29 is 4.79 Å². The van der Waals surface area contributed by atoms with E-state index in [0.29, 0.717) is 0 Å². The number of carbonyl (C=O) groups excluding carboxylic acids is 1. The van der Waals surface area contributed by atoms with E-state index < -0.39 is 0 Å². The SMILES string of the molecule is CC1=C(C(=O)c2cccs2)CCC1. The molecule has 0 saturated heterocycles. The van der Waals surface area contributed by atoms with Gasteiger partial charge in [-0.25, -0.2) is 0 Å². The van der Waals surface area contributed by atoms with Crippen LogP contribution in [0.5, 0.6) is 0 Å². The van der Waals surface area contributed by atoms with Crippen molar-refractivity contribution in [2.24, 2.45) is 0 Å². The van der Waals surface area contributed by atoms with E-state index in [0.717, 1.165) is 29.7 Å². The zero-order valence-electron chi connectivity index (χ0n) is 7.67. The van der Waals surface area contributed by atoms with Crippen LogP contribution in [0, 0.1) is 0 Å². The Morgan fingerprint density at radius 1 is 1.46 bits per heavy atom. The normalized spacial score (nSPS) is 16.7. The Labute approximate surface area is 82.1 Å². The summed E-state index contributed by atoms with van der Waals surface area (Å²) in [5, 5.41) is 1.96. The van der Waals surface area contributed by atoms with E-state index in [1.165, 1.54) is 16.9 Å². The van der Waals surface area contributed by atoms with Crippen molar-refractivity contribution >= 4 is 17.1 Å². The number of rotatable bonds is 2. The summed E-state index contributed by atoms with van der Waals surface area (Å²) in [6, 6.07) is 3.84. The molecule has 0 saturated carbocycles. The molecule has 68 valence electrons. The van der Waals surface area contributed by atoms with Crippen LogP contribution in [-0.4, -0.2) is 5.78 Å². The Hall–Kier alpha value is -0.890. The highest BCUT2D eigenvalue weighted by atomic mass is 32.1. The summed E-state index contributed by atoms with van der Waals surface area (Å²) in [6.07, 6.45) is 3.23. The molecule has 1 aliphatic rings. The molecule has 1 aromatic heterocycles. The van der Waals surface area contributed by atoms with Crippen LogP contribution in [-0.2, 0) is 0 Å². The molecule has 0 aliphatic heterocycles. The lowest BCUT2D eigenvalue weighted by molar-refractivity contribution is 0.103. The highest BCUT2D eigenvalue weighted by Gasteiger charge is 2.19. The summed E-state index contributed by atoms with van der Waals surface area (Å²) in [5.41, 5.74) is 2.35. The fourth-order valence-corrected chi connectivity index (χ4v) is 2.45. The van der Waals surface area contributed by atoms with Crippen molar-refractivity contribution in [1.82, 2.24) is 0 Å². The van der Waals surface area contributed by atoms with Crippen molar-refractivity contribution in [2.75, 3.05) is 0 Å². The van der Waals surface area contributed by atoms with Crippen LogP contribution in [0.4, 0.5) is 0 Å². The maximum atomic E-state index is 11.9. The topological polar surface area (TPSA) is 17.1 Å². The van der Waals surface area contributed by atoms with Crippen molar-refractivity contribution in [3.05, 3.63) is 33.5 Å². The van der Waals surface area contributed by atoms with Gasteiger partial charge in [0.2, 0.25) is 0 Å². The molecule has 0 fully saturated rings. The molecule has 2 heteroatoms. The summed E-state index contributed by atoms with van der Waals surface area (Å²) >= 11 is 1.54. The minimum atomic E-state index is 0.255. The number of hydrogen-bond donors (Lipinski definition) is 0. The second kappa shape index (κ2) is 3.46. The van der Waals surface area contributed by atoms with E-state index in [1.807, 2.05) is 17.5 Å². The molecule has 0 N–H and O–H groups in total. The van der Waals surface area contributed by atoms with Crippen LogP contribution < -0.4 is 0 Å². The van der Waals surface area contributed by atoms with E-state index in [1.54, 1.807) is 0 Å². The molecule has 1 aromatic rings. The van der Waals surface area contributed by atoms with Crippen LogP contribution >= 0.6 is 11.3 Å². The molecule has 0 radical (unpaired) electrons. The van der Waals surface area contributed by atoms with Gasteiger partial charge in [-0.05, 0) is 43.2 Å². The van der Waals surface area contributed by atoms with Gasteiger partial charge in [0, 0.05) is 0 Å². The first kappa shape index (κ1) is 8.70. The molecule has 0 unspecified atom stereocenters. The maximum absolute atomic E-state index is 11.9. The largest absolute Gasteiger partial charge is 0.288 e. The molecule has 2 rings (SSSR count). The van der Waals surface area contributed by atoms with E-state index in [2.05, 4.69) is 6.92 Å². The number of allylic oxidation sites excluding steroid dienone is 2. The quantitative estimate of drug-likeness (QED) is 0.656. The van der Waals surface area contributed by atoms with Gasteiger partial charge in [-0.1, -0.05) is 11.6 Å². The number of Topliss-reactive ketones (excluding diaryl/α,β-unsaturated/α-hetero) is 1. The third kappa shape index (κ3) is 1.59. The lowest BCUT2D eigenvalue weighted by Gasteiger charge is -1.99. The monoisotopic (exact) mass is 192 g/mol. The Kier molecular flexibility index (Phi) is 2.32. The van der Waals surface area contributed by atoms with E-state index in [-0.39, 0.29) is 5.78 Å². The van der Waals surface area contributed by atoms with E-state index >= 15 is 0 Å². The highest BCUT2D eigenvalue weighted by molar-refractivity contribution is 7.12. The molecule has 1 aliphatic carbocycles. The van der Waals surface area contributed by atoms with Gasteiger partial charge in [0.15, 0.2) is 5.78 Å². The predicted octanol–water partition coefficient (Wildman–Crippen LogP) is 3.43.